The third-order valence-corrected chi connectivity index (χ3v) is 8.30. The largest absolute Gasteiger partial charge is 0.469 e. The summed E-state index contributed by atoms with van der Waals surface area (Å²) < 4.78 is 10.8. The number of hydrogen-bond donors (Lipinski definition) is 1. The van der Waals surface area contributed by atoms with Crippen LogP contribution in [0.1, 0.15) is 41.9 Å². The number of rotatable bonds is 9. The van der Waals surface area contributed by atoms with Gasteiger partial charge in [0.25, 0.3) is 0 Å². The van der Waals surface area contributed by atoms with Crippen molar-refractivity contribution in [3.05, 3.63) is 94.5 Å². The Morgan fingerprint density at radius 1 is 1.00 bits per heavy atom. The molecule has 8 heteroatoms. The second-order valence-corrected chi connectivity index (χ2v) is 11.0. The van der Waals surface area contributed by atoms with Gasteiger partial charge in [0.15, 0.2) is 5.78 Å². The topological polar surface area (TPSA) is 93.1 Å². The fraction of sp³-hybridized carbons (Fsp3) is 0.344. The molecule has 1 saturated heterocycles. The van der Waals surface area contributed by atoms with Gasteiger partial charge in [0, 0.05) is 23.9 Å². The van der Waals surface area contributed by atoms with Crippen LogP contribution in [0.5, 0.6) is 0 Å². The number of ether oxygens (including phenoxy) is 2. The van der Waals surface area contributed by atoms with E-state index in [4.69, 9.17) is 21.1 Å². The lowest BCUT2D eigenvalue weighted by atomic mass is 9.76. The number of carbonyl (C=O) groups excluding carboxylic acids is 3. The molecule has 40 heavy (non-hydrogen) atoms. The zero-order valence-corrected chi connectivity index (χ0v) is 23.1. The first kappa shape index (κ1) is 27.9. The minimum absolute atomic E-state index is 0.0696. The standard InChI is InChI=1S/C32H32ClNO6/c1-39-30(37)32(20-35,17-21-8-6-9-22(33)16-21)18-29(36)28-14-7-15-34(28)31(38)40-19-27-25-12-4-2-10-23(25)24-11-3-5-13-26(24)27/h2-6,8-13,16,27-28,35H,7,14-15,17-20H2,1H3. The van der Waals surface area contributed by atoms with Crippen molar-refractivity contribution in [2.75, 3.05) is 26.9 Å². The Balaban J connectivity index is 1.30. The van der Waals surface area contributed by atoms with Gasteiger partial charge < -0.3 is 14.6 Å². The monoisotopic (exact) mass is 561 g/mol. The fourth-order valence-electron chi connectivity index (χ4n) is 6.09. The molecule has 208 valence electrons. The molecule has 3 aromatic rings. The molecule has 0 bridgehead atoms. The van der Waals surface area contributed by atoms with Gasteiger partial charge in [-0.1, -0.05) is 72.3 Å². The van der Waals surface area contributed by atoms with Crippen LogP contribution in [0.2, 0.25) is 5.02 Å². The number of benzene rings is 3. The van der Waals surface area contributed by atoms with Gasteiger partial charge in [0.2, 0.25) is 0 Å². The highest BCUT2D eigenvalue weighted by atomic mass is 35.5. The van der Waals surface area contributed by atoms with Crippen LogP contribution in [0.3, 0.4) is 0 Å². The number of amides is 1. The second kappa shape index (κ2) is 11.8. The lowest BCUT2D eigenvalue weighted by Gasteiger charge is -2.31. The lowest BCUT2D eigenvalue weighted by Crippen LogP contribution is -2.46. The minimum Gasteiger partial charge on any atom is -0.469 e. The first-order chi connectivity index (χ1) is 19.4. The van der Waals surface area contributed by atoms with Gasteiger partial charge in [-0.25, -0.2) is 4.79 Å². The summed E-state index contributed by atoms with van der Waals surface area (Å²) in [6.07, 6.45) is 0.336. The van der Waals surface area contributed by atoms with E-state index in [0.717, 1.165) is 22.3 Å². The first-order valence-corrected chi connectivity index (χ1v) is 13.8. The Morgan fingerprint density at radius 2 is 1.68 bits per heavy atom. The number of Topliss-reactive ketones (excluding diaryl/α,β-unsaturated/α-hetero) is 1. The Hall–Kier alpha value is -3.68. The summed E-state index contributed by atoms with van der Waals surface area (Å²) in [5.41, 5.74) is 3.69. The van der Waals surface area contributed by atoms with Gasteiger partial charge in [0.05, 0.1) is 19.8 Å². The number of methoxy groups -OCH3 is 1. The fourth-order valence-corrected chi connectivity index (χ4v) is 6.30. The minimum atomic E-state index is -1.49. The maximum absolute atomic E-state index is 13.6. The zero-order chi connectivity index (χ0) is 28.3. The van der Waals surface area contributed by atoms with E-state index >= 15 is 0 Å². The molecule has 1 amide bonds. The average molecular weight is 562 g/mol. The van der Waals surface area contributed by atoms with Crippen LogP contribution in [0, 0.1) is 5.41 Å². The zero-order valence-electron chi connectivity index (χ0n) is 22.3. The number of likely N-dealkylation sites (tertiary alicyclic amines) is 1. The van der Waals surface area contributed by atoms with Gasteiger partial charge in [0.1, 0.15) is 12.0 Å². The van der Waals surface area contributed by atoms with Crippen LogP contribution in [0.4, 0.5) is 4.79 Å². The Labute approximate surface area is 238 Å². The Bertz CT molecular complexity index is 1380. The maximum Gasteiger partial charge on any atom is 0.410 e. The van der Waals surface area contributed by atoms with Crippen LogP contribution < -0.4 is 0 Å². The van der Waals surface area contributed by atoms with E-state index in [1.807, 2.05) is 24.3 Å². The van der Waals surface area contributed by atoms with Gasteiger partial charge in [-0.2, -0.15) is 0 Å². The van der Waals surface area contributed by atoms with Crippen molar-refractivity contribution in [3.8, 4) is 11.1 Å². The molecule has 2 unspecified atom stereocenters. The number of halogens is 1. The molecule has 1 N–H and O–H groups in total. The van der Waals surface area contributed by atoms with Crippen LogP contribution in [0.25, 0.3) is 11.1 Å². The summed E-state index contributed by atoms with van der Waals surface area (Å²) in [4.78, 5) is 41.2. The van der Waals surface area contributed by atoms with Crippen molar-refractivity contribution in [2.45, 2.75) is 37.6 Å². The third kappa shape index (κ3) is 5.36. The van der Waals surface area contributed by atoms with Crippen LogP contribution in [-0.2, 0) is 25.5 Å². The highest BCUT2D eigenvalue weighted by molar-refractivity contribution is 6.30. The SMILES string of the molecule is COC(=O)C(CO)(CC(=O)C1CCCN1C(=O)OCC1c2ccccc2-c2ccccc21)Cc1cccc(Cl)c1. The van der Waals surface area contributed by atoms with Crippen LogP contribution in [-0.4, -0.2) is 60.8 Å². The summed E-state index contributed by atoms with van der Waals surface area (Å²) in [5.74, 6) is -1.09. The van der Waals surface area contributed by atoms with Crippen LogP contribution >= 0.6 is 11.6 Å². The Kier molecular flexibility index (Phi) is 8.24. The number of hydrogen-bond acceptors (Lipinski definition) is 6. The van der Waals surface area contributed by atoms with E-state index in [9.17, 15) is 19.5 Å². The van der Waals surface area contributed by atoms with Crippen LogP contribution in [0.15, 0.2) is 72.8 Å². The predicted molar refractivity (Wildman–Crippen MR) is 151 cm³/mol. The van der Waals surface area contributed by atoms with Crippen molar-refractivity contribution in [2.24, 2.45) is 5.41 Å². The summed E-state index contributed by atoms with van der Waals surface area (Å²) in [5, 5.41) is 10.8. The molecule has 5 rings (SSSR count). The molecule has 7 nitrogen and oxygen atoms in total. The molecular formula is C32H32ClNO6. The van der Waals surface area contributed by atoms with Gasteiger partial charge in [-0.15, -0.1) is 0 Å². The van der Waals surface area contributed by atoms with E-state index in [1.54, 1.807) is 24.3 Å². The van der Waals surface area contributed by atoms with Crippen molar-refractivity contribution < 1.29 is 29.0 Å². The van der Waals surface area contributed by atoms with Crippen molar-refractivity contribution in [1.29, 1.82) is 0 Å². The molecule has 1 heterocycles. The van der Waals surface area contributed by atoms with Gasteiger partial charge in [-0.3, -0.25) is 14.5 Å². The average Bonchev–Trinajstić information content (AvgIpc) is 3.59. The molecule has 2 atom stereocenters. The molecular weight excluding hydrogens is 530 g/mol. The molecule has 2 aliphatic rings. The second-order valence-electron chi connectivity index (χ2n) is 10.5. The molecule has 0 saturated carbocycles. The molecule has 1 aliphatic carbocycles. The molecule has 0 spiro atoms. The predicted octanol–water partition coefficient (Wildman–Crippen LogP) is 5.41. The van der Waals surface area contributed by atoms with Gasteiger partial charge >= 0.3 is 12.1 Å². The molecule has 0 aromatic heterocycles. The smallest absolute Gasteiger partial charge is 0.410 e. The quantitative estimate of drug-likeness (QED) is 0.351. The molecule has 3 aromatic carbocycles. The number of ketones is 1. The van der Waals surface area contributed by atoms with Crippen molar-refractivity contribution in [1.82, 2.24) is 4.90 Å². The molecule has 1 aliphatic heterocycles. The van der Waals surface area contributed by atoms with E-state index in [-0.39, 0.29) is 31.1 Å². The van der Waals surface area contributed by atoms with E-state index in [0.29, 0.717) is 30.0 Å². The number of carbonyl (C=O) groups is 3. The lowest BCUT2D eigenvalue weighted by molar-refractivity contribution is -0.158. The molecule has 0 radical (unpaired) electrons. The first-order valence-electron chi connectivity index (χ1n) is 13.4. The summed E-state index contributed by atoms with van der Waals surface area (Å²) in [6, 6.07) is 22.4. The maximum atomic E-state index is 13.6. The third-order valence-electron chi connectivity index (χ3n) is 8.06. The summed E-state index contributed by atoms with van der Waals surface area (Å²) >= 11 is 6.12. The number of esters is 1. The molecule has 1 fully saturated rings. The van der Waals surface area contributed by atoms with E-state index in [1.165, 1.54) is 12.0 Å². The van der Waals surface area contributed by atoms with E-state index < -0.39 is 30.1 Å². The van der Waals surface area contributed by atoms with Crippen molar-refractivity contribution >= 4 is 29.4 Å². The highest BCUT2D eigenvalue weighted by Gasteiger charge is 2.45. The Morgan fingerprint density at radius 3 is 2.30 bits per heavy atom. The summed E-state index contributed by atoms with van der Waals surface area (Å²) in [6.45, 7) is -0.0525. The number of nitrogens with zero attached hydrogens (tertiary/aromatic N) is 1. The van der Waals surface area contributed by atoms with Crippen molar-refractivity contribution in [3.63, 3.8) is 0 Å². The number of aliphatic hydroxyl groups is 1. The highest BCUT2D eigenvalue weighted by Crippen LogP contribution is 2.44. The summed E-state index contributed by atoms with van der Waals surface area (Å²) in [7, 11) is 1.23. The van der Waals surface area contributed by atoms with E-state index in [2.05, 4.69) is 24.3 Å². The normalized spacial score (nSPS) is 17.6. The number of aliphatic hydroxyl groups excluding tert-OH is 1. The van der Waals surface area contributed by atoms with Gasteiger partial charge in [-0.05, 0) is 59.2 Å². The number of fused-ring (bicyclic) bond motifs is 3.